The van der Waals surface area contributed by atoms with Crippen molar-refractivity contribution in [3.05, 3.63) is 0 Å². The molecule has 82 valence electrons. The molecule has 0 aromatic rings. The topological polar surface area (TPSA) is 72.5 Å². The Morgan fingerprint density at radius 2 is 2.21 bits per heavy atom. The minimum atomic E-state index is -3.11. The van der Waals surface area contributed by atoms with Crippen LogP contribution in [0.15, 0.2) is 0 Å². The van der Waals surface area contributed by atoms with Crippen LogP contribution in [0, 0.1) is 0 Å². The molecule has 1 amide bonds. The van der Waals surface area contributed by atoms with E-state index in [9.17, 15) is 13.2 Å². The van der Waals surface area contributed by atoms with Crippen LogP contribution < -0.4 is 5.32 Å². The van der Waals surface area contributed by atoms with E-state index in [1.807, 2.05) is 0 Å². The number of alkyl carbamates (subject to hydrolysis) is 1. The van der Waals surface area contributed by atoms with Crippen LogP contribution in [0.3, 0.4) is 0 Å². The van der Waals surface area contributed by atoms with Crippen LogP contribution in [0.1, 0.15) is 6.92 Å². The maximum atomic E-state index is 11.1. The maximum Gasteiger partial charge on any atom is 0.407 e. The molecule has 0 bridgehead atoms. The first-order valence-electron chi connectivity index (χ1n) is 4.22. The van der Waals surface area contributed by atoms with Crippen LogP contribution in [0.2, 0.25) is 0 Å². The Hall–Kier alpha value is -0.490. The zero-order valence-corrected chi connectivity index (χ0v) is 9.27. The molecule has 0 radical (unpaired) electrons. The third-order valence-electron chi connectivity index (χ3n) is 1.86. The summed E-state index contributed by atoms with van der Waals surface area (Å²) in [5.74, 6) is -0.203. The SMILES string of the molecule is CCOC(=O)N[C@@H]1CS(=O)(=O)C[C@H]1Cl. The number of carbonyl (C=O) groups excluding carboxylic acids is 1. The van der Waals surface area contributed by atoms with Gasteiger partial charge in [0.2, 0.25) is 0 Å². The predicted molar refractivity (Wildman–Crippen MR) is 52.2 cm³/mol. The number of hydrogen-bond donors (Lipinski definition) is 1. The van der Waals surface area contributed by atoms with Crippen molar-refractivity contribution in [2.75, 3.05) is 18.1 Å². The fraction of sp³-hybridized carbons (Fsp3) is 0.857. The molecule has 1 saturated heterocycles. The minimum Gasteiger partial charge on any atom is -0.450 e. The molecule has 0 aliphatic carbocycles. The predicted octanol–water partition coefficient (Wildman–Crippen LogP) is 0.137. The van der Waals surface area contributed by atoms with Gasteiger partial charge in [-0.3, -0.25) is 0 Å². The van der Waals surface area contributed by atoms with Gasteiger partial charge in [0.05, 0.1) is 29.5 Å². The average Bonchev–Trinajstić information content (AvgIpc) is 2.25. The van der Waals surface area contributed by atoms with E-state index in [2.05, 4.69) is 10.1 Å². The normalized spacial score (nSPS) is 29.9. The molecule has 0 aromatic carbocycles. The van der Waals surface area contributed by atoms with E-state index in [0.29, 0.717) is 0 Å². The van der Waals surface area contributed by atoms with Crippen LogP contribution >= 0.6 is 11.6 Å². The summed E-state index contributed by atoms with van der Waals surface area (Å²) >= 11 is 5.76. The molecule has 2 atom stereocenters. The van der Waals surface area contributed by atoms with Gasteiger partial charge in [-0.2, -0.15) is 0 Å². The highest BCUT2D eigenvalue weighted by molar-refractivity contribution is 7.91. The van der Waals surface area contributed by atoms with Gasteiger partial charge in [-0.05, 0) is 6.92 Å². The first-order valence-corrected chi connectivity index (χ1v) is 6.48. The van der Waals surface area contributed by atoms with Crippen molar-refractivity contribution in [1.29, 1.82) is 0 Å². The number of nitrogens with one attached hydrogen (secondary N) is 1. The third-order valence-corrected chi connectivity index (χ3v) is 4.24. The highest BCUT2D eigenvalue weighted by atomic mass is 35.5. The smallest absolute Gasteiger partial charge is 0.407 e. The number of carbonyl (C=O) groups is 1. The second-order valence-corrected chi connectivity index (χ2v) is 5.78. The van der Waals surface area contributed by atoms with E-state index in [1.54, 1.807) is 6.92 Å². The molecule has 14 heavy (non-hydrogen) atoms. The summed E-state index contributed by atoms with van der Waals surface area (Å²) in [7, 11) is -3.11. The standard InChI is InChI=1S/C7H12ClNO4S/c1-2-13-7(10)9-6-4-14(11,12)3-5(6)8/h5-6H,2-4H2,1H3,(H,9,10)/t5-,6-/m1/s1. The summed E-state index contributed by atoms with van der Waals surface area (Å²) in [5.41, 5.74) is 0. The lowest BCUT2D eigenvalue weighted by Gasteiger charge is -2.13. The molecule has 0 spiro atoms. The van der Waals surface area contributed by atoms with Gasteiger partial charge < -0.3 is 10.1 Å². The molecule has 1 aliphatic rings. The van der Waals surface area contributed by atoms with E-state index in [0.717, 1.165) is 0 Å². The van der Waals surface area contributed by atoms with Crippen molar-refractivity contribution in [2.24, 2.45) is 0 Å². The summed E-state index contributed by atoms with van der Waals surface area (Å²) in [6, 6.07) is -0.541. The van der Waals surface area contributed by atoms with Crippen molar-refractivity contribution in [1.82, 2.24) is 5.32 Å². The molecule has 1 rings (SSSR count). The number of halogens is 1. The summed E-state index contributed by atoms with van der Waals surface area (Å²) < 4.78 is 26.8. The van der Waals surface area contributed by atoms with Crippen molar-refractivity contribution in [3.8, 4) is 0 Å². The van der Waals surface area contributed by atoms with E-state index >= 15 is 0 Å². The maximum absolute atomic E-state index is 11.1. The van der Waals surface area contributed by atoms with Gasteiger partial charge in [0, 0.05) is 0 Å². The van der Waals surface area contributed by atoms with Gasteiger partial charge in [-0.1, -0.05) is 0 Å². The molecule has 1 heterocycles. The zero-order valence-electron chi connectivity index (χ0n) is 7.70. The molecule has 1 aliphatic heterocycles. The molecular weight excluding hydrogens is 230 g/mol. The van der Waals surface area contributed by atoms with Gasteiger partial charge in [0.15, 0.2) is 9.84 Å². The van der Waals surface area contributed by atoms with Gasteiger partial charge in [-0.15, -0.1) is 11.6 Å². The van der Waals surface area contributed by atoms with Gasteiger partial charge in [0.25, 0.3) is 0 Å². The highest BCUT2D eigenvalue weighted by Gasteiger charge is 2.37. The Morgan fingerprint density at radius 3 is 2.64 bits per heavy atom. The monoisotopic (exact) mass is 241 g/mol. The molecule has 7 heteroatoms. The number of rotatable bonds is 2. The summed E-state index contributed by atoms with van der Waals surface area (Å²) in [6.07, 6.45) is -0.625. The lowest BCUT2D eigenvalue weighted by atomic mass is 10.3. The second kappa shape index (κ2) is 4.35. The largest absolute Gasteiger partial charge is 0.450 e. The van der Waals surface area contributed by atoms with E-state index < -0.39 is 27.3 Å². The summed E-state index contributed by atoms with van der Waals surface area (Å²) in [5, 5.41) is 1.85. The first-order chi connectivity index (χ1) is 6.44. The summed E-state index contributed by atoms with van der Waals surface area (Å²) in [6.45, 7) is 1.92. The van der Waals surface area contributed by atoms with Crippen LogP contribution in [0.5, 0.6) is 0 Å². The van der Waals surface area contributed by atoms with Crippen molar-refractivity contribution in [3.63, 3.8) is 0 Å². The lowest BCUT2D eigenvalue weighted by molar-refractivity contribution is 0.149. The Morgan fingerprint density at radius 1 is 1.57 bits per heavy atom. The van der Waals surface area contributed by atoms with Crippen molar-refractivity contribution in [2.45, 2.75) is 18.3 Å². The molecule has 0 unspecified atom stereocenters. The average molecular weight is 242 g/mol. The Balaban J connectivity index is 2.51. The van der Waals surface area contributed by atoms with Crippen LogP contribution in [0.4, 0.5) is 4.79 Å². The van der Waals surface area contributed by atoms with Crippen molar-refractivity contribution < 1.29 is 17.9 Å². The van der Waals surface area contributed by atoms with Crippen LogP contribution in [0.25, 0.3) is 0 Å². The highest BCUT2D eigenvalue weighted by Crippen LogP contribution is 2.17. The molecule has 1 fully saturated rings. The molecule has 0 aromatic heterocycles. The fourth-order valence-electron chi connectivity index (χ4n) is 1.26. The van der Waals surface area contributed by atoms with Gasteiger partial charge in [0.1, 0.15) is 0 Å². The minimum absolute atomic E-state index is 0.0916. The van der Waals surface area contributed by atoms with Gasteiger partial charge in [-0.25, -0.2) is 13.2 Å². The van der Waals surface area contributed by atoms with Gasteiger partial charge >= 0.3 is 6.09 Å². The molecule has 5 nitrogen and oxygen atoms in total. The third kappa shape index (κ3) is 3.02. The van der Waals surface area contributed by atoms with Crippen LogP contribution in [-0.4, -0.2) is 44.0 Å². The number of alkyl halides is 1. The molecular formula is C7H12ClNO4S. The van der Waals surface area contributed by atoms with Crippen LogP contribution in [-0.2, 0) is 14.6 Å². The number of amides is 1. The first kappa shape index (κ1) is 11.6. The number of hydrogen-bond acceptors (Lipinski definition) is 4. The summed E-state index contributed by atoms with van der Waals surface area (Å²) in [4.78, 5) is 11.0. The zero-order chi connectivity index (χ0) is 10.8. The second-order valence-electron chi connectivity index (χ2n) is 3.06. The Kier molecular flexibility index (Phi) is 3.60. The number of sulfone groups is 1. The Labute approximate surface area is 87.7 Å². The molecule has 1 N–H and O–H groups in total. The Bertz CT molecular complexity index is 316. The van der Waals surface area contributed by atoms with E-state index in [1.165, 1.54) is 0 Å². The van der Waals surface area contributed by atoms with Crippen molar-refractivity contribution >= 4 is 27.5 Å². The quantitative estimate of drug-likeness (QED) is 0.698. The van der Waals surface area contributed by atoms with E-state index in [-0.39, 0.29) is 18.1 Å². The fourth-order valence-corrected chi connectivity index (χ4v) is 3.81. The molecule has 0 saturated carbocycles. The van der Waals surface area contributed by atoms with E-state index in [4.69, 9.17) is 11.6 Å². The lowest BCUT2D eigenvalue weighted by Crippen LogP contribution is -2.40. The number of ether oxygens (including phenoxy) is 1.